The van der Waals surface area contributed by atoms with E-state index in [4.69, 9.17) is 9.47 Å². The van der Waals surface area contributed by atoms with Gasteiger partial charge in [-0.1, -0.05) is 0 Å². The maximum Gasteiger partial charge on any atom is 0.167 e. The molecule has 4 heteroatoms. The number of rotatable bonds is 2. The van der Waals surface area contributed by atoms with E-state index < -0.39 is 0 Å². The van der Waals surface area contributed by atoms with Crippen molar-refractivity contribution in [3.8, 4) is 11.5 Å². The van der Waals surface area contributed by atoms with Crippen molar-refractivity contribution in [2.45, 2.75) is 19.3 Å². The zero-order valence-electron chi connectivity index (χ0n) is 10.4. The van der Waals surface area contributed by atoms with E-state index in [9.17, 15) is 4.39 Å². The van der Waals surface area contributed by atoms with Gasteiger partial charge < -0.3 is 14.8 Å². The van der Waals surface area contributed by atoms with Gasteiger partial charge in [0.2, 0.25) is 0 Å². The Labute approximate surface area is 106 Å². The molecule has 0 amide bonds. The molecule has 1 aromatic rings. The maximum absolute atomic E-state index is 14.0. The lowest BCUT2D eigenvalue weighted by atomic mass is 9.90. The average molecular weight is 251 g/mol. The molecule has 2 aliphatic heterocycles. The fourth-order valence-electron chi connectivity index (χ4n) is 2.71. The van der Waals surface area contributed by atoms with Crippen molar-refractivity contribution in [2.75, 3.05) is 26.3 Å². The van der Waals surface area contributed by atoms with E-state index in [0.717, 1.165) is 32.4 Å². The fraction of sp³-hybridized carbons (Fsp3) is 0.571. The Bertz CT molecular complexity index is 430. The van der Waals surface area contributed by atoms with E-state index in [1.165, 1.54) is 6.07 Å². The lowest BCUT2D eigenvalue weighted by molar-refractivity contribution is 0.168. The summed E-state index contributed by atoms with van der Waals surface area (Å²) in [5.74, 6) is 1.68. The van der Waals surface area contributed by atoms with Crippen LogP contribution in [0.4, 0.5) is 4.39 Å². The Hall–Kier alpha value is -1.29. The van der Waals surface area contributed by atoms with Gasteiger partial charge in [0.15, 0.2) is 11.5 Å². The first kappa shape index (κ1) is 11.8. The molecule has 1 saturated heterocycles. The number of nitrogens with one attached hydrogen (secondary N) is 1. The van der Waals surface area contributed by atoms with Crippen LogP contribution in [-0.4, -0.2) is 26.3 Å². The molecule has 1 fully saturated rings. The lowest BCUT2D eigenvalue weighted by Crippen LogP contribution is -2.29. The third-order valence-corrected chi connectivity index (χ3v) is 3.71. The first-order chi connectivity index (χ1) is 8.84. The molecule has 2 heterocycles. The molecule has 0 unspecified atom stereocenters. The minimum atomic E-state index is -0.169. The largest absolute Gasteiger partial charge is 0.486 e. The lowest BCUT2D eigenvalue weighted by Gasteiger charge is -2.26. The summed E-state index contributed by atoms with van der Waals surface area (Å²) in [6.45, 7) is 3.11. The van der Waals surface area contributed by atoms with Crippen LogP contribution in [0.1, 0.15) is 18.4 Å². The molecule has 0 saturated carbocycles. The van der Waals surface area contributed by atoms with Crippen LogP contribution in [0.15, 0.2) is 12.1 Å². The second-order valence-corrected chi connectivity index (χ2v) is 4.95. The van der Waals surface area contributed by atoms with Gasteiger partial charge in [0.05, 0.1) is 0 Å². The first-order valence-electron chi connectivity index (χ1n) is 6.62. The van der Waals surface area contributed by atoms with Crippen LogP contribution in [-0.2, 0) is 6.42 Å². The highest BCUT2D eigenvalue weighted by molar-refractivity contribution is 5.48. The number of piperidine rings is 1. The summed E-state index contributed by atoms with van der Waals surface area (Å²) in [5.41, 5.74) is 0.694. The smallest absolute Gasteiger partial charge is 0.167 e. The molecule has 2 aliphatic rings. The second-order valence-electron chi connectivity index (χ2n) is 4.95. The van der Waals surface area contributed by atoms with Crippen LogP contribution in [0, 0.1) is 11.7 Å². The minimum Gasteiger partial charge on any atom is -0.486 e. The highest BCUT2D eigenvalue weighted by Gasteiger charge is 2.23. The second kappa shape index (κ2) is 5.14. The van der Waals surface area contributed by atoms with Gasteiger partial charge in [0.25, 0.3) is 0 Å². The van der Waals surface area contributed by atoms with E-state index in [-0.39, 0.29) is 5.82 Å². The third-order valence-electron chi connectivity index (χ3n) is 3.71. The van der Waals surface area contributed by atoms with Gasteiger partial charge in [0, 0.05) is 5.56 Å². The highest BCUT2D eigenvalue weighted by Crippen LogP contribution is 2.37. The van der Waals surface area contributed by atoms with Crippen molar-refractivity contribution < 1.29 is 13.9 Å². The van der Waals surface area contributed by atoms with E-state index in [1.807, 2.05) is 0 Å². The average Bonchev–Trinajstić information content (AvgIpc) is 2.43. The van der Waals surface area contributed by atoms with Gasteiger partial charge in [-0.2, -0.15) is 0 Å². The van der Waals surface area contributed by atoms with Gasteiger partial charge in [-0.05, 0) is 50.4 Å². The standard InChI is InChI=1S/C14H18FNO2/c15-12-1-2-13-14(18-8-7-17-13)11(12)9-10-3-5-16-6-4-10/h1-2,10,16H,3-9H2. The van der Waals surface area contributed by atoms with E-state index in [1.54, 1.807) is 6.07 Å². The molecular weight excluding hydrogens is 233 g/mol. The van der Waals surface area contributed by atoms with Gasteiger partial charge in [0.1, 0.15) is 19.0 Å². The van der Waals surface area contributed by atoms with Crippen LogP contribution in [0.2, 0.25) is 0 Å². The number of fused-ring (bicyclic) bond motifs is 1. The summed E-state index contributed by atoms with van der Waals surface area (Å²) in [4.78, 5) is 0. The molecule has 18 heavy (non-hydrogen) atoms. The topological polar surface area (TPSA) is 30.5 Å². The molecule has 0 spiro atoms. The summed E-state index contributed by atoms with van der Waals surface area (Å²) in [5, 5.41) is 3.33. The highest BCUT2D eigenvalue weighted by atomic mass is 19.1. The molecule has 0 aliphatic carbocycles. The molecule has 0 atom stereocenters. The van der Waals surface area contributed by atoms with E-state index >= 15 is 0 Å². The summed E-state index contributed by atoms with van der Waals surface area (Å²) < 4.78 is 25.1. The fourth-order valence-corrected chi connectivity index (χ4v) is 2.71. The Morgan fingerprint density at radius 2 is 1.94 bits per heavy atom. The maximum atomic E-state index is 14.0. The van der Waals surface area contributed by atoms with Crippen molar-refractivity contribution in [1.82, 2.24) is 5.32 Å². The SMILES string of the molecule is Fc1ccc2c(c1CC1CCNCC1)OCCO2. The first-order valence-corrected chi connectivity index (χ1v) is 6.62. The number of hydrogen-bond donors (Lipinski definition) is 1. The van der Waals surface area contributed by atoms with Crippen molar-refractivity contribution in [2.24, 2.45) is 5.92 Å². The summed E-state index contributed by atoms with van der Waals surface area (Å²) in [7, 11) is 0. The number of benzene rings is 1. The van der Waals surface area contributed by atoms with Gasteiger partial charge in [-0.15, -0.1) is 0 Å². The zero-order valence-corrected chi connectivity index (χ0v) is 10.4. The molecule has 3 nitrogen and oxygen atoms in total. The summed E-state index contributed by atoms with van der Waals surface area (Å²) in [6, 6.07) is 3.15. The Morgan fingerprint density at radius 1 is 1.17 bits per heavy atom. The van der Waals surface area contributed by atoms with Crippen molar-refractivity contribution in [1.29, 1.82) is 0 Å². The predicted molar refractivity (Wildman–Crippen MR) is 66.7 cm³/mol. The van der Waals surface area contributed by atoms with E-state index in [0.29, 0.717) is 36.2 Å². The minimum absolute atomic E-state index is 0.169. The van der Waals surface area contributed by atoms with Gasteiger partial charge in [-0.25, -0.2) is 4.39 Å². The number of halogens is 1. The van der Waals surface area contributed by atoms with Gasteiger partial charge in [-0.3, -0.25) is 0 Å². The van der Waals surface area contributed by atoms with Crippen molar-refractivity contribution in [3.63, 3.8) is 0 Å². The van der Waals surface area contributed by atoms with Crippen molar-refractivity contribution in [3.05, 3.63) is 23.5 Å². The van der Waals surface area contributed by atoms with Crippen LogP contribution >= 0.6 is 0 Å². The van der Waals surface area contributed by atoms with Crippen LogP contribution in [0.3, 0.4) is 0 Å². The summed E-state index contributed by atoms with van der Waals surface area (Å²) >= 11 is 0. The Kier molecular flexibility index (Phi) is 3.37. The molecule has 1 aromatic carbocycles. The quantitative estimate of drug-likeness (QED) is 0.873. The summed E-state index contributed by atoms with van der Waals surface area (Å²) in [6.07, 6.45) is 2.95. The van der Waals surface area contributed by atoms with Crippen LogP contribution in [0.25, 0.3) is 0 Å². The predicted octanol–water partition coefficient (Wildman–Crippen LogP) is 2.14. The molecule has 3 rings (SSSR count). The van der Waals surface area contributed by atoms with Crippen molar-refractivity contribution >= 4 is 0 Å². The van der Waals surface area contributed by atoms with Crippen LogP contribution in [0.5, 0.6) is 11.5 Å². The molecule has 0 bridgehead atoms. The molecule has 98 valence electrons. The molecular formula is C14H18FNO2. The molecule has 0 radical (unpaired) electrons. The van der Waals surface area contributed by atoms with Crippen LogP contribution < -0.4 is 14.8 Å². The number of hydrogen-bond acceptors (Lipinski definition) is 3. The van der Waals surface area contributed by atoms with Gasteiger partial charge >= 0.3 is 0 Å². The Balaban J connectivity index is 1.85. The molecule has 1 N–H and O–H groups in total. The van der Waals surface area contributed by atoms with E-state index in [2.05, 4.69) is 5.32 Å². The normalized spacial score (nSPS) is 19.8. The Morgan fingerprint density at radius 3 is 2.78 bits per heavy atom. The zero-order chi connectivity index (χ0) is 12.4. The monoisotopic (exact) mass is 251 g/mol. The molecule has 0 aromatic heterocycles. The number of ether oxygens (including phenoxy) is 2. The third kappa shape index (κ3) is 2.29.